The van der Waals surface area contributed by atoms with Crippen molar-refractivity contribution >= 4 is 11.4 Å². The zero-order valence-electron chi connectivity index (χ0n) is 12.6. The van der Waals surface area contributed by atoms with E-state index in [1.54, 1.807) is 0 Å². The van der Waals surface area contributed by atoms with Crippen LogP contribution >= 0.6 is 0 Å². The molecule has 3 rings (SSSR count). The Morgan fingerprint density at radius 1 is 0.818 bits per heavy atom. The molecule has 0 spiro atoms. The lowest BCUT2D eigenvalue weighted by molar-refractivity contribution is 0.459. The molecule has 4 nitrogen and oxygen atoms in total. The van der Waals surface area contributed by atoms with Gasteiger partial charge in [-0.05, 0) is 50.2 Å². The van der Waals surface area contributed by atoms with Crippen LogP contribution in [0, 0.1) is 13.8 Å². The Labute approximate surface area is 129 Å². The number of hydrogen-bond donors (Lipinski definition) is 1. The Morgan fingerprint density at radius 2 is 1.50 bits per heavy atom. The summed E-state index contributed by atoms with van der Waals surface area (Å²) in [6, 6.07) is 19.6. The van der Waals surface area contributed by atoms with E-state index in [9.17, 15) is 0 Å². The van der Waals surface area contributed by atoms with E-state index < -0.39 is 0 Å². The minimum absolute atomic E-state index is 0.564. The van der Waals surface area contributed by atoms with Gasteiger partial charge in [-0.2, -0.15) is 4.98 Å². The Kier molecular flexibility index (Phi) is 4.01. The van der Waals surface area contributed by atoms with Gasteiger partial charge in [0.1, 0.15) is 11.6 Å². The van der Waals surface area contributed by atoms with Crippen molar-refractivity contribution in [2.75, 3.05) is 5.32 Å². The van der Waals surface area contributed by atoms with Crippen molar-refractivity contribution in [2.45, 2.75) is 13.8 Å². The maximum absolute atomic E-state index is 5.77. The third-order valence-electron chi connectivity index (χ3n) is 3.08. The number of benzene rings is 2. The molecule has 110 valence electrons. The largest absolute Gasteiger partial charge is 0.439 e. The number of aromatic nitrogens is 2. The standard InChI is InChI=1S/C18H17N3O/c1-13-12-18(20-14(2)19-13)22-17-10-8-16(9-11-17)21-15-6-4-3-5-7-15/h3-12,21H,1-2H3. The fraction of sp³-hybridized carbons (Fsp3) is 0.111. The number of anilines is 2. The highest BCUT2D eigenvalue weighted by Crippen LogP contribution is 2.23. The van der Waals surface area contributed by atoms with E-state index in [0.29, 0.717) is 11.7 Å². The summed E-state index contributed by atoms with van der Waals surface area (Å²) in [7, 11) is 0. The molecule has 0 bridgehead atoms. The second-order valence-electron chi connectivity index (χ2n) is 5.01. The molecule has 0 saturated heterocycles. The summed E-state index contributed by atoms with van der Waals surface area (Å²) < 4.78 is 5.77. The van der Waals surface area contributed by atoms with Crippen molar-refractivity contribution in [1.29, 1.82) is 0 Å². The molecule has 1 N–H and O–H groups in total. The van der Waals surface area contributed by atoms with Crippen LogP contribution in [-0.4, -0.2) is 9.97 Å². The summed E-state index contributed by atoms with van der Waals surface area (Å²) in [6.07, 6.45) is 0. The predicted molar refractivity (Wildman–Crippen MR) is 87.7 cm³/mol. The lowest BCUT2D eigenvalue weighted by Crippen LogP contribution is -1.95. The molecule has 0 radical (unpaired) electrons. The average molecular weight is 291 g/mol. The van der Waals surface area contributed by atoms with Crippen LogP contribution in [0.3, 0.4) is 0 Å². The minimum atomic E-state index is 0.564. The van der Waals surface area contributed by atoms with Gasteiger partial charge in [0.25, 0.3) is 0 Å². The predicted octanol–water partition coefficient (Wildman–Crippen LogP) is 4.63. The van der Waals surface area contributed by atoms with Crippen LogP contribution in [0.1, 0.15) is 11.5 Å². The molecule has 0 aliphatic heterocycles. The first-order valence-corrected chi connectivity index (χ1v) is 7.11. The Bertz CT molecular complexity index is 735. The van der Waals surface area contributed by atoms with Gasteiger partial charge in [-0.3, -0.25) is 0 Å². The van der Waals surface area contributed by atoms with E-state index in [4.69, 9.17) is 4.74 Å². The molecule has 3 aromatic rings. The summed E-state index contributed by atoms with van der Waals surface area (Å²) >= 11 is 0. The molecule has 0 aliphatic rings. The first-order valence-electron chi connectivity index (χ1n) is 7.11. The van der Waals surface area contributed by atoms with Gasteiger partial charge in [0.2, 0.25) is 5.88 Å². The smallest absolute Gasteiger partial charge is 0.222 e. The van der Waals surface area contributed by atoms with Gasteiger partial charge in [0.15, 0.2) is 0 Å². The first-order chi connectivity index (χ1) is 10.7. The number of ether oxygens (including phenoxy) is 1. The average Bonchev–Trinajstić information content (AvgIpc) is 2.49. The molecular formula is C18H17N3O. The topological polar surface area (TPSA) is 47.0 Å². The molecule has 2 aromatic carbocycles. The monoisotopic (exact) mass is 291 g/mol. The molecule has 4 heteroatoms. The molecule has 0 atom stereocenters. The molecule has 1 aromatic heterocycles. The number of nitrogens with one attached hydrogen (secondary N) is 1. The fourth-order valence-corrected chi connectivity index (χ4v) is 2.15. The Balaban J connectivity index is 1.71. The van der Waals surface area contributed by atoms with Crippen LogP contribution in [0.5, 0.6) is 11.6 Å². The molecule has 1 heterocycles. The Morgan fingerprint density at radius 3 is 2.18 bits per heavy atom. The van der Waals surface area contributed by atoms with Gasteiger partial charge >= 0.3 is 0 Å². The highest BCUT2D eigenvalue weighted by molar-refractivity contribution is 5.60. The molecule has 0 aliphatic carbocycles. The second kappa shape index (κ2) is 6.26. The van der Waals surface area contributed by atoms with Gasteiger partial charge in [-0.1, -0.05) is 18.2 Å². The normalized spacial score (nSPS) is 10.3. The highest BCUT2D eigenvalue weighted by atomic mass is 16.5. The SMILES string of the molecule is Cc1cc(Oc2ccc(Nc3ccccc3)cc2)nc(C)n1. The van der Waals surface area contributed by atoms with Gasteiger partial charge in [-0.15, -0.1) is 0 Å². The highest BCUT2D eigenvalue weighted by Gasteiger charge is 2.02. The zero-order valence-corrected chi connectivity index (χ0v) is 12.6. The maximum atomic E-state index is 5.77. The lowest BCUT2D eigenvalue weighted by atomic mass is 10.2. The van der Waals surface area contributed by atoms with Crippen molar-refractivity contribution in [3.05, 3.63) is 72.2 Å². The molecular weight excluding hydrogens is 274 g/mol. The van der Waals surface area contributed by atoms with Crippen molar-refractivity contribution in [2.24, 2.45) is 0 Å². The van der Waals surface area contributed by atoms with Gasteiger partial charge in [0, 0.05) is 23.1 Å². The van der Waals surface area contributed by atoms with Crippen LogP contribution in [0.15, 0.2) is 60.7 Å². The third kappa shape index (κ3) is 3.61. The van der Waals surface area contributed by atoms with E-state index in [1.165, 1.54) is 0 Å². The second-order valence-corrected chi connectivity index (χ2v) is 5.01. The molecule has 0 unspecified atom stereocenters. The van der Waals surface area contributed by atoms with Crippen LogP contribution < -0.4 is 10.1 Å². The summed E-state index contributed by atoms with van der Waals surface area (Å²) in [4.78, 5) is 8.51. The van der Waals surface area contributed by atoms with E-state index in [0.717, 1.165) is 22.8 Å². The number of para-hydroxylation sites is 1. The van der Waals surface area contributed by atoms with Gasteiger partial charge < -0.3 is 10.1 Å². The third-order valence-corrected chi connectivity index (χ3v) is 3.08. The summed E-state index contributed by atoms with van der Waals surface area (Å²) in [5, 5.41) is 3.33. The summed E-state index contributed by atoms with van der Waals surface area (Å²) in [5.74, 6) is 2.02. The van der Waals surface area contributed by atoms with Crippen LogP contribution in [-0.2, 0) is 0 Å². The number of aryl methyl sites for hydroxylation is 2. The molecule has 0 fully saturated rings. The zero-order chi connectivity index (χ0) is 15.4. The van der Waals surface area contributed by atoms with Crippen molar-refractivity contribution < 1.29 is 4.74 Å². The number of hydrogen-bond acceptors (Lipinski definition) is 4. The Hall–Kier alpha value is -2.88. The van der Waals surface area contributed by atoms with Crippen molar-refractivity contribution in [3.63, 3.8) is 0 Å². The first kappa shape index (κ1) is 14.1. The van der Waals surface area contributed by atoms with E-state index in [1.807, 2.05) is 74.5 Å². The minimum Gasteiger partial charge on any atom is -0.439 e. The number of nitrogens with zero attached hydrogens (tertiary/aromatic N) is 2. The lowest BCUT2D eigenvalue weighted by Gasteiger charge is -2.09. The van der Waals surface area contributed by atoms with Crippen LogP contribution in [0.25, 0.3) is 0 Å². The van der Waals surface area contributed by atoms with Gasteiger partial charge in [-0.25, -0.2) is 4.98 Å². The molecule has 0 amide bonds. The molecule has 22 heavy (non-hydrogen) atoms. The van der Waals surface area contributed by atoms with Crippen molar-refractivity contribution in [1.82, 2.24) is 9.97 Å². The van der Waals surface area contributed by atoms with E-state index in [2.05, 4.69) is 15.3 Å². The van der Waals surface area contributed by atoms with E-state index in [-0.39, 0.29) is 0 Å². The fourth-order valence-electron chi connectivity index (χ4n) is 2.15. The van der Waals surface area contributed by atoms with E-state index >= 15 is 0 Å². The van der Waals surface area contributed by atoms with Crippen LogP contribution in [0.2, 0.25) is 0 Å². The summed E-state index contributed by atoms with van der Waals surface area (Å²) in [5.41, 5.74) is 2.96. The van der Waals surface area contributed by atoms with Crippen molar-refractivity contribution in [3.8, 4) is 11.6 Å². The quantitative estimate of drug-likeness (QED) is 0.761. The molecule has 0 saturated carbocycles. The van der Waals surface area contributed by atoms with Gasteiger partial charge in [0.05, 0.1) is 0 Å². The van der Waals surface area contributed by atoms with Crippen LogP contribution in [0.4, 0.5) is 11.4 Å². The maximum Gasteiger partial charge on any atom is 0.222 e. The summed E-state index contributed by atoms with van der Waals surface area (Å²) in [6.45, 7) is 3.78. The number of rotatable bonds is 4.